The molecule has 0 amide bonds. The van der Waals surface area contributed by atoms with Gasteiger partial charge in [-0.2, -0.15) is 5.10 Å². The van der Waals surface area contributed by atoms with Gasteiger partial charge in [0.1, 0.15) is 11.8 Å². The minimum absolute atomic E-state index is 0.0267. The fourth-order valence-electron chi connectivity index (χ4n) is 2.68. The summed E-state index contributed by atoms with van der Waals surface area (Å²) in [4.78, 5) is 0. The second-order valence-electron chi connectivity index (χ2n) is 4.99. The largest absolute Gasteiger partial charge is 0.493 e. The zero-order valence-electron chi connectivity index (χ0n) is 10.2. The highest BCUT2D eigenvalue weighted by atomic mass is 16.5. The second-order valence-corrected chi connectivity index (χ2v) is 4.99. The Morgan fingerprint density at radius 3 is 2.69 bits per heavy atom. The molecule has 1 aliphatic carbocycles. The standard InChI is InChI=1S/C12H20N2O2/c1-12(6-4-5-7-12)11(15)10-9(16-3)8-13-14(10)2/h8,11,15H,4-7H2,1-3H3. The van der Waals surface area contributed by atoms with Crippen LogP contribution >= 0.6 is 0 Å². The SMILES string of the molecule is COc1cnn(C)c1C(O)C1(C)CCCC1. The van der Waals surface area contributed by atoms with Gasteiger partial charge in [0.15, 0.2) is 5.75 Å². The normalized spacial score (nSPS) is 21.0. The predicted molar refractivity (Wildman–Crippen MR) is 61.3 cm³/mol. The number of aliphatic hydroxyl groups is 1. The van der Waals surface area contributed by atoms with Crippen LogP contribution in [0, 0.1) is 5.41 Å². The molecule has 1 aromatic heterocycles. The van der Waals surface area contributed by atoms with Crippen LogP contribution in [0.5, 0.6) is 5.75 Å². The fourth-order valence-corrected chi connectivity index (χ4v) is 2.68. The van der Waals surface area contributed by atoms with E-state index >= 15 is 0 Å². The van der Waals surface area contributed by atoms with E-state index in [1.165, 1.54) is 12.8 Å². The zero-order valence-corrected chi connectivity index (χ0v) is 10.2. The molecule has 0 bridgehead atoms. The van der Waals surface area contributed by atoms with Crippen LogP contribution in [-0.4, -0.2) is 22.0 Å². The molecule has 0 saturated heterocycles. The van der Waals surface area contributed by atoms with Crippen LogP contribution in [0.1, 0.15) is 44.4 Å². The molecular weight excluding hydrogens is 204 g/mol. The molecule has 16 heavy (non-hydrogen) atoms. The van der Waals surface area contributed by atoms with E-state index in [9.17, 15) is 5.11 Å². The summed E-state index contributed by atoms with van der Waals surface area (Å²) in [7, 11) is 3.46. The van der Waals surface area contributed by atoms with Crippen molar-refractivity contribution < 1.29 is 9.84 Å². The molecule has 1 aliphatic rings. The lowest BCUT2D eigenvalue weighted by molar-refractivity contribution is 0.0324. The summed E-state index contributed by atoms with van der Waals surface area (Å²) < 4.78 is 6.96. The molecule has 1 N–H and O–H groups in total. The Morgan fingerprint density at radius 2 is 2.12 bits per heavy atom. The van der Waals surface area contributed by atoms with E-state index in [0.29, 0.717) is 5.75 Å². The number of hydrogen-bond acceptors (Lipinski definition) is 3. The first kappa shape index (κ1) is 11.5. The summed E-state index contributed by atoms with van der Waals surface area (Å²) >= 11 is 0. The first-order valence-electron chi connectivity index (χ1n) is 5.82. The molecule has 2 rings (SSSR count). The molecular formula is C12H20N2O2. The quantitative estimate of drug-likeness (QED) is 0.854. The summed E-state index contributed by atoms with van der Waals surface area (Å²) in [6.45, 7) is 2.15. The Morgan fingerprint density at radius 1 is 1.50 bits per heavy atom. The van der Waals surface area contributed by atoms with Gasteiger partial charge in [-0.3, -0.25) is 4.68 Å². The second kappa shape index (κ2) is 4.09. The summed E-state index contributed by atoms with van der Waals surface area (Å²) in [5.74, 6) is 0.683. The summed E-state index contributed by atoms with van der Waals surface area (Å²) in [5.41, 5.74) is 0.771. The van der Waals surface area contributed by atoms with E-state index in [2.05, 4.69) is 12.0 Å². The third-order valence-corrected chi connectivity index (χ3v) is 3.83. The van der Waals surface area contributed by atoms with Crippen LogP contribution in [0.25, 0.3) is 0 Å². The Balaban J connectivity index is 2.32. The smallest absolute Gasteiger partial charge is 0.162 e. The number of aliphatic hydroxyl groups excluding tert-OH is 1. The Bertz CT molecular complexity index is 367. The maximum absolute atomic E-state index is 10.5. The number of methoxy groups -OCH3 is 1. The average molecular weight is 224 g/mol. The summed E-state index contributed by atoms with van der Waals surface area (Å²) in [6, 6.07) is 0. The van der Waals surface area contributed by atoms with Gasteiger partial charge in [-0.05, 0) is 18.3 Å². The monoisotopic (exact) mass is 224 g/mol. The minimum atomic E-state index is -0.488. The van der Waals surface area contributed by atoms with Gasteiger partial charge in [0, 0.05) is 7.05 Å². The molecule has 1 saturated carbocycles. The van der Waals surface area contributed by atoms with Crippen molar-refractivity contribution in [3.8, 4) is 5.75 Å². The van der Waals surface area contributed by atoms with Crippen molar-refractivity contribution in [2.45, 2.75) is 38.7 Å². The van der Waals surface area contributed by atoms with Crippen molar-refractivity contribution in [3.05, 3.63) is 11.9 Å². The van der Waals surface area contributed by atoms with E-state index < -0.39 is 6.10 Å². The maximum atomic E-state index is 10.5. The van der Waals surface area contributed by atoms with Crippen LogP contribution in [0.2, 0.25) is 0 Å². The Kier molecular flexibility index (Phi) is 2.93. The van der Waals surface area contributed by atoms with Crippen molar-refractivity contribution >= 4 is 0 Å². The van der Waals surface area contributed by atoms with Gasteiger partial charge < -0.3 is 9.84 Å². The third kappa shape index (κ3) is 1.71. The lowest BCUT2D eigenvalue weighted by Gasteiger charge is -2.30. The molecule has 1 heterocycles. The lowest BCUT2D eigenvalue weighted by atomic mass is 9.81. The summed E-state index contributed by atoms with van der Waals surface area (Å²) in [5, 5.41) is 14.7. The van der Waals surface area contributed by atoms with Gasteiger partial charge in [-0.1, -0.05) is 19.8 Å². The van der Waals surface area contributed by atoms with Crippen LogP contribution in [-0.2, 0) is 7.05 Å². The molecule has 1 unspecified atom stereocenters. The lowest BCUT2D eigenvalue weighted by Crippen LogP contribution is -2.24. The highest BCUT2D eigenvalue weighted by Crippen LogP contribution is 2.48. The first-order chi connectivity index (χ1) is 7.58. The molecule has 1 fully saturated rings. The van der Waals surface area contributed by atoms with Gasteiger partial charge in [-0.25, -0.2) is 0 Å². The average Bonchev–Trinajstić information content (AvgIpc) is 2.85. The molecule has 0 aliphatic heterocycles. The van der Waals surface area contributed by atoms with E-state index in [1.807, 2.05) is 7.05 Å². The van der Waals surface area contributed by atoms with Gasteiger partial charge in [0.25, 0.3) is 0 Å². The predicted octanol–water partition coefficient (Wildman–Crippen LogP) is 2.04. The number of aryl methyl sites for hydroxylation is 1. The fraction of sp³-hybridized carbons (Fsp3) is 0.750. The van der Waals surface area contributed by atoms with Crippen molar-refractivity contribution in [1.29, 1.82) is 0 Å². The molecule has 1 aromatic rings. The van der Waals surface area contributed by atoms with Crippen molar-refractivity contribution in [3.63, 3.8) is 0 Å². The molecule has 0 radical (unpaired) electrons. The van der Waals surface area contributed by atoms with Gasteiger partial charge >= 0.3 is 0 Å². The zero-order chi connectivity index (χ0) is 11.8. The molecule has 0 aromatic carbocycles. The molecule has 90 valence electrons. The Hall–Kier alpha value is -1.03. The molecule has 0 spiro atoms. The van der Waals surface area contributed by atoms with Crippen LogP contribution in [0.3, 0.4) is 0 Å². The van der Waals surface area contributed by atoms with E-state index in [4.69, 9.17) is 4.74 Å². The van der Waals surface area contributed by atoms with Gasteiger partial charge in [0.2, 0.25) is 0 Å². The molecule has 4 heteroatoms. The van der Waals surface area contributed by atoms with E-state index in [-0.39, 0.29) is 5.41 Å². The molecule has 1 atom stereocenters. The highest BCUT2D eigenvalue weighted by molar-refractivity contribution is 5.28. The number of hydrogen-bond donors (Lipinski definition) is 1. The van der Waals surface area contributed by atoms with Crippen LogP contribution < -0.4 is 4.74 Å². The third-order valence-electron chi connectivity index (χ3n) is 3.83. The number of aromatic nitrogens is 2. The topological polar surface area (TPSA) is 47.3 Å². The van der Waals surface area contributed by atoms with E-state index in [0.717, 1.165) is 18.5 Å². The van der Waals surface area contributed by atoms with Gasteiger partial charge in [0.05, 0.1) is 13.3 Å². The van der Waals surface area contributed by atoms with Crippen molar-refractivity contribution in [2.75, 3.05) is 7.11 Å². The van der Waals surface area contributed by atoms with Crippen molar-refractivity contribution in [1.82, 2.24) is 9.78 Å². The van der Waals surface area contributed by atoms with E-state index in [1.54, 1.807) is 18.0 Å². The highest BCUT2D eigenvalue weighted by Gasteiger charge is 2.39. The van der Waals surface area contributed by atoms with Crippen molar-refractivity contribution in [2.24, 2.45) is 12.5 Å². The van der Waals surface area contributed by atoms with Gasteiger partial charge in [-0.15, -0.1) is 0 Å². The number of nitrogens with zero attached hydrogens (tertiary/aromatic N) is 2. The maximum Gasteiger partial charge on any atom is 0.162 e. The number of ether oxygens (including phenoxy) is 1. The summed E-state index contributed by atoms with van der Waals surface area (Å²) in [6.07, 6.45) is 5.72. The van der Waals surface area contributed by atoms with Crippen LogP contribution in [0.15, 0.2) is 6.20 Å². The molecule has 4 nitrogen and oxygen atoms in total. The minimum Gasteiger partial charge on any atom is -0.493 e. The number of rotatable bonds is 3. The van der Waals surface area contributed by atoms with Crippen LogP contribution in [0.4, 0.5) is 0 Å². The first-order valence-corrected chi connectivity index (χ1v) is 5.82. The Labute approximate surface area is 96.2 Å².